The van der Waals surface area contributed by atoms with Gasteiger partial charge in [-0.05, 0) is 18.4 Å². The molecule has 0 bridgehead atoms. The Bertz CT molecular complexity index is 899. The minimum absolute atomic E-state index is 0.0650. The van der Waals surface area contributed by atoms with Crippen LogP contribution in [0.1, 0.15) is 18.2 Å². The standard InChI is InChI=1S/C22H28N4O3/c1-12-18(14-9-23-10-15(14)21(28)20(12)27)22(29)26-8-7-17-16(11-26)19(25-24-17)13-5-3-2-4-6-13/h2-6,12,14-15,18,20-21,23,27-28H,7-11H2,1H3,(H,24,25)/t12-,14+,15+,18+,20+,21+/m1/s1. The van der Waals surface area contributed by atoms with Crippen LogP contribution in [0.2, 0.25) is 0 Å². The molecule has 2 fully saturated rings. The Morgan fingerprint density at radius 2 is 1.90 bits per heavy atom. The van der Waals surface area contributed by atoms with Crippen molar-refractivity contribution in [2.75, 3.05) is 19.6 Å². The molecule has 29 heavy (non-hydrogen) atoms. The summed E-state index contributed by atoms with van der Waals surface area (Å²) in [7, 11) is 0. The highest BCUT2D eigenvalue weighted by Crippen LogP contribution is 2.42. The van der Waals surface area contributed by atoms with Crippen molar-refractivity contribution in [2.45, 2.75) is 32.1 Å². The minimum atomic E-state index is -0.862. The Hall–Kier alpha value is -2.22. The number of nitrogens with zero attached hydrogens (tertiary/aromatic N) is 2. The van der Waals surface area contributed by atoms with Gasteiger partial charge in [-0.2, -0.15) is 5.10 Å². The average Bonchev–Trinajstić information content (AvgIpc) is 3.39. The molecule has 4 N–H and O–H groups in total. The number of nitrogens with one attached hydrogen (secondary N) is 2. The van der Waals surface area contributed by atoms with E-state index in [4.69, 9.17) is 0 Å². The molecule has 7 heteroatoms. The number of H-pyrrole nitrogens is 1. The summed E-state index contributed by atoms with van der Waals surface area (Å²) < 4.78 is 0. The van der Waals surface area contributed by atoms with E-state index in [2.05, 4.69) is 15.5 Å². The van der Waals surface area contributed by atoms with Crippen molar-refractivity contribution in [3.8, 4) is 11.3 Å². The van der Waals surface area contributed by atoms with Gasteiger partial charge in [0.05, 0.1) is 17.9 Å². The third-order valence-electron chi connectivity index (χ3n) is 7.24. The second-order valence-corrected chi connectivity index (χ2v) is 8.76. The maximum atomic E-state index is 13.6. The number of fused-ring (bicyclic) bond motifs is 2. The third kappa shape index (κ3) is 2.99. The summed E-state index contributed by atoms with van der Waals surface area (Å²) in [6.07, 6.45) is -0.876. The van der Waals surface area contributed by atoms with Crippen molar-refractivity contribution in [1.82, 2.24) is 20.4 Å². The zero-order chi connectivity index (χ0) is 20.1. The molecule has 7 nitrogen and oxygen atoms in total. The summed E-state index contributed by atoms with van der Waals surface area (Å²) in [6.45, 7) is 4.45. The molecule has 0 unspecified atom stereocenters. The molecule has 2 aromatic rings. The van der Waals surface area contributed by atoms with Crippen molar-refractivity contribution < 1.29 is 15.0 Å². The van der Waals surface area contributed by atoms with E-state index in [1.54, 1.807) is 0 Å². The van der Waals surface area contributed by atoms with Crippen LogP contribution < -0.4 is 5.32 Å². The molecule has 1 aromatic carbocycles. The number of aliphatic hydroxyl groups excluding tert-OH is 2. The fourth-order valence-corrected chi connectivity index (χ4v) is 5.59. The Morgan fingerprint density at radius 3 is 2.69 bits per heavy atom. The fourth-order valence-electron chi connectivity index (χ4n) is 5.59. The van der Waals surface area contributed by atoms with Crippen LogP contribution in [-0.2, 0) is 17.8 Å². The SMILES string of the molecule is C[C@H]1[C@H](O)[C@@H](O)[C@H]2CNC[C@@H]2[C@H]1C(=O)N1CCc2[nH]nc(-c3ccccc3)c2C1. The molecule has 3 heterocycles. The van der Waals surface area contributed by atoms with Crippen molar-refractivity contribution in [2.24, 2.45) is 23.7 Å². The van der Waals surface area contributed by atoms with Crippen LogP contribution in [0.5, 0.6) is 0 Å². The van der Waals surface area contributed by atoms with Gasteiger partial charge in [-0.25, -0.2) is 0 Å². The van der Waals surface area contributed by atoms with Crippen molar-refractivity contribution in [3.63, 3.8) is 0 Å². The lowest BCUT2D eigenvalue weighted by Gasteiger charge is -2.45. The number of aliphatic hydroxyl groups is 2. The van der Waals surface area contributed by atoms with Crippen LogP contribution in [0, 0.1) is 23.7 Å². The van der Waals surface area contributed by atoms with E-state index >= 15 is 0 Å². The highest BCUT2D eigenvalue weighted by molar-refractivity contribution is 5.80. The predicted molar refractivity (Wildman–Crippen MR) is 108 cm³/mol. The molecular formula is C22H28N4O3. The number of benzene rings is 1. The lowest BCUT2D eigenvalue weighted by atomic mass is 9.65. The average molecular weight is 396 g/mol. The smallest absolute Gasteiger partial charge is 0.226 e. The molecule has 1 aliphatic carbocycles. The van der Waals surface area contributed by atoms with E-state index < -0.39 is 12.2 Å². The second kappa shape index (κ2) is 7.23. The summed E-state index contributed by atoms with van der Waals surface area (Å²) in [5.74, 6) is -0.451. The quantitative estimate of drug-likeness (QED) is 0.601. The molecule has 3 aliphatic rings. The van der Waals surface area contributed by atoms with Gasteiger partial charge in [-0.3, -0.25) is 9.89 Å². The molecule has 1 aromatic heterocycles. The molecule has 5 rings (SSSR count). The predicted octanol–water partition coefficient (Wildman–Crippen LogP) is 0.785. The second-order valence-electron chi connectivity index (χ2n) is 8.76. The van der Waals surface area contributed by atoms with E-state index in [1.165, 1.54) is 0 Å². The number of aromatic amines is 1. The number of aromatic nitrogens is 2. The van der Waals surface area contributed by atoms with Crippen molar-refractivity contribution >= 4 is 5.91 Å². The van der Waals surface area contributed by atoms with Gasteiger partial charge in [0.2, 0.25) is 5.91 Å². The zero-order valence-corrected chi connectivity index (χ0v) is 16.6. The maximum Gasteiger partial charge on any atom is 0.226 e. The minimum Gasteiger partial charge on any atom is -0.390 e. The topological polar surface area (TPSA) is 101 Å². The van der Waals surface area contributed by atoms with E-state index in [1.807, 2.05) is 42.2 Å². The van der Waals surface area contributed by atoms with Gasteiger partial charge in [-0.15, -0.1) is 0 Å². The first-order valence-electron chi connectivity index (χ1n) is 10.5. The molecule has 0 spiro atoms. The highest BCUT2D eigenvalue weighted by Gasteiger charge is 2.53. The first-order valence-corrected chi connectivity index (χ1v) is 10.5. The zero-order valence-electron chi connectivity index (χ0n) is 16.6. The normalized spacial score (nSPS) is 34.0. The number of rotatable bonds is 2. The van der Waals surface area contributed by atoms with Crippen LogP contribution in [0.15, 0.2) is 30.3 Å². The molecule has 1 amide bonds. The summed E-state index contributed by atoms with van der Waals surface area (Å²) in [4.78, 5) is 15.5. The molecule has 1 saturated carbocycles. The number of hydrogen-bond donors (Lipinski definition) is 4. The monoisotopic (exact) mass is 396 g/mol. The molecule has 6 atom stereocenters. The number of amides is 1. The van der Waals surface area contributed by atoms with Crippen LogP contribution in [0.4, 0.5) is 0 Å². The van der Waals surface area contributed by atoms with Crippen LogP contribution in [0.3, 0.4) is 0 Å². The van der Waals surface area contributed by atoms with Crippen LogP contribution in [-0.4, -0.2) is 63.1 Å². The van der Waals surface area contributed by atoms with Gasteiger partial charge < -0.3 is 20.4 Å². The molecule has 2 aliphatic heterocycles. The van der Waals surface area contributed by atoms with Gasteiger partial charge >= 0.3 is 0 Å². The summed E-state index contributed by atoms with van der Waals surface area (Å²) >= 11 is 0. The van der Waals surface area contributed by atoms with E-state index in [-0.39, 0.29) is 29.6 Å². The Balaban J connectivity index is 1.42. The third-order valence-corrected chi connectivity index (χ3v) is 7.24. The molecule has 1 saturated heterocycles. The Kier molecular flexibility index (Phi) is 4.69. The van der Waals surface area contributed by atoms with Crippen LogP contribution in [0.25, 0.3) is 11.3 Å². The molecule has 0 radical (unpaired) electrons. The van der Waals surface area contributed by atoms with Crippen molar-refractivity contribution in [1.29, 1.82) is 0 Å². The van der Waals surface area contributed by atoms with E-state index in [9.17, 15) is 15.0 Å². The Labute approximate surface area is 170 Å². The molecule has 154 valence electrons. The lowest BCUT2D eigenvalue weighted by molar-refractivity contribution is -0.156. The van der Waals surface area contributed by atoms with Gasteiger partial charge in [0.15, 0.2) is 0 Å². The van der Waals surface area contributed by atoms with Gasteiger partial charge in [0.25, 0.3) is 0 Å². The van der Waals surface area contributed by atoms with Gasteiger partial charge in [-0.1, -0.05) is 37.3 Å². The largest absolute Gasteiger partial charge is 0.390 e. The van der Waals surface area contributed by atoms with Gasteiger partial charge in [0.1, 0.15) is 0 Å². The summed E-state index contributed by atoms with van der Waals surface area (Å²) in [5.41, 5.74) is 4.14. The lowest BCUT2D eigenvalue weighted by Crippen LogP contribution is -2.56. The summed E-state index contributed by atoms with van der Waals surface area (Å²) in [5, 5.41) is 32.0. The Morgan fingerprint density at radius 1 is 1.14 bits per heavy atom. The van der Waals surface area contributed by atoms with Crippen LogP contribution >= 0.6 is 0 Å². The fraction of sp³-hybridized carbons (Fsp3) is 0.545. The highest BCUT2D eigenvalue weighted by atomic mass is 16.3. The first kappa shape index (κ1) is 18.8. The number of carbonyl (C=O) groups excluding carboxylic acids is 1. The maximum absolute atomic E-state index is 13.6. The number of carbonyl (C=O) groups is 1. The van der Waals surface area contributed by atoms with E-state index in [0.717, 1.165) is 35.5 Å². The van der Waals surface area contributed by atoms with Gasteiger partial charge in [0, 0.05) is 54.7 Å². The first-order chi connectivity index (χ1) is 14.1. The number of hydrogen-bond acceptors (Lipinski definition) is 5. The van der Waals surface area contributed by atoms with E-state index in [0.29, 0.717) is 19.6 Å². The van der Waals surface area contributed by atoms with Crippen molar-refractivity contribution in [3.05, 3.63) is 41.6 Å². The summed E-state index contributed by atoms with van der Waals surface area (Å²) in [6, 6.07) is 10.0. The molecular weight excluding hydrogens is 368 g/mol.